The number of nitriles is 1. The van der Waals surface area contributed by atoms with Crippen LogP contribution in [0.4, 0.5) is 0 Å². The van der Waals surface area contributed by atoms with Crippen molar-refractivity contribution in [3.05, 3.63) is 23.4 Å². The summed E-state index contributed by atoms with van der Waals surface area (Å²) in [7, 11) is -0.523. The minimum Gasteiger partial charge on any atom is -0.398 e. The molecule has 0 radical (unpaired) electrons. The van der Waals surface area contributed by atoms with Crippen molar-refractivity contribution in [1.29, 1.82) is 5.26 Å². The van der Waals surface area contributed by atoms with Crippen LogP contribution >= 0.6 is 0 Å². The van der Waals surface area contributed by atoms with Crippen molar-refractivity contribution in [3.63, 3.8) is 0 Å². The van der Waals surface area contributed by atoms with E-state index < -0.39 is 18.3 Å². The van der Waals surface area contributed by atoms with Gasteiger partial charge in [-0.2, -0.15) is 5.26 Å². The summed E-state index contributed by atoms with van der Waals surface area (Å²) in [5, 5.41) is 9.23. The summed E-state index contributed by atoms with van der Waals surface area (Å²) in [5.74, 6) is -0.238. The van der Waals surface area contributed by atoms with Crippen molar-refractivity contribution < 1.29 is 9.31 Å². The number of aryl methyl sites for hydroxylation is 1. The zero-order valence-corrected chi connectivity index (χ0v) is 13.0. The molecule has 0 spiro atoms. The lowest BCUT2D eigenvalue weighted by Crippen LogP contribution is -2.41. The van der Waals surface area contributed by atoms with Gasteiger partial charge >= 0.3 is 7.12 Å². The zero-order chi connectivity index (χ0) is 15.1. The monoisotopic (exact) mass is 272 g/mol. The lowest BCUT2D eigenvalue weighted by Gasteiger charge is -2.32. The van der Waals surface area contributed by atoms with Gasteiger partial charge in [-0.05, 0) is 58.7 Å². The quantitative estimate of drug-likeness (QED) is 0.775. The number of rotatable bonds is 2. The standard InChI is InChI=1S/C15H21BN2O2/c1-10-7-8-18-13(12(10)11(2)9-17)16-19-14(3,4)15(5,6)20-16/h7-8,11H,1-6H3. The molecule has 0 bridgehead atoms. The first-order valence-electron chi connectivity index (χ1n) is 6.90. The van der Waals surface area contributed by atoms with E-state index in [1.807, 2.05) is 47.6 Å². The molecule has 0 N–H and O–H groups in total. The molecule has 5 heteroatoms. The van der Waals surface area contributed by atoms with Crippen LogP contribution in [0.2, 0.25) is 0 Å². The first-order valence-corrected chi connectivity index (χ1v) is 6.90. The summed E-state index contributed by atoms with van der Waals surface area (Å²) in [5.41, 5.74) is 1.86. The van der Waals surface area contributed by atoms with E-state index in [9.17, 15) is 5.26 Å². The summed E-state index contributed by atoms with van der Waals surface area (Å²) in [6.45, 7) is 11.9. The Bertz CT molecular complexity index is 547. The molecular formula is C15H21BN2O2. The molecule has 1 atom stereocenters. The van der Waals surface area contributed by atoms with E-state index in [1.54, 1.807) is 6.20 Å². The molecule has 2 heterocycles. The molecule has 1 aliphatic heterocycles. The highest BCUT2D eigenvalue weighted by molar-refractivity contribution is 6.61. The molecule has 1 aromatic rings. The molecule has 1 fully saturated rings. The predicted octanol–water partition coefficient (Wildman–Crippen LogP) is 2.32. The Hall–Kier alpha value is -1.38. The van der Waals surface area contributed by atoms with Crippen LogP contribution < -0.4 is 5.59 Å². The molecule has 4 nitrogen and oxygen atoms in total. The molecule has 0 amide bonds. The zero-order valence-electron chi connectivity index (χ0n) is 13.0. The summed E-state index contributed by atoms with van der Waals surface area (Å²) in [4.78, 5) is 4.42. The SMILES string of the molecule is Cc1ccnc(B2OC(C)(C)C(C)(C)O2)c1C(C)C#N. The highest BCUT2D eigenvalue weighted by Crippen LogP contribution is 2.37. The third-order valence-corrected chi connectivity index (χ3v) is 4.34. The Morgan fingerprint density at radius 1 is 1.25 bits per heavy atom. The van der Waals surface area contributed by atoms with Gasteiger partial charge in [0.15, 0.2) is 0 Å². The number of aromatic nitrogens is 1. The first kappa shape index (κ1) is 15.0. The molecular weight excluding hydrogens is 251 g/mol. The Morgan fingerprint density at radius 3 is 2.30 bits per heavy atom. The fraction of sp³-hybridized carbons (Fsp3) is 0.600. The van der Waals surface area contributed by atoms with Crippen LogP contribution in [0, 0.1) is 18.3 Å². The fourth-order valence-corrected chi connectivity index (χ4v) is 2.36. The van der Waals surface area contributed by atoms with Crippen molar-refractivity contribution in [1.82, 2.24) is 4.98 Å². The highest BCUT2D eigenvalue weighted by Gasteiger charge is 2.53. The van der Waals surface area contributed by atoms with Gasteiger partial charge in [-0.1, -0.05) is 0 Å². The fourth-order valence-electron chi connectivity index (χ4n) is 2.36. The van der Waals surface area contributed by atoms with Crippen LogP contribution in [-0.4, -0.2) is 23.3 Å². The number of hydrogen-bond acceptors (Lipinski definition) is 4. The number of nitrogens with zero attached hydrogens (tertiary/aromatic N) is 2. The maximum Gasteiger partial charge on any atom is 0.514 e. The van der Waals surface area contributed by atoms with Crippen molar-refractivity contribution >= 4 is 12.7 Å². The van der Waals surface area contributed by atoms with E-state index in [4.69, 9.17) is 9.31 Å². The Labute approximate surface area is 121 Å². The smallest absolute Gasteiger partial charge is 0.398 e. The molecule has 2 rings (SSSR count). The molecule has 20 heavy (non-hydrogen) atoms. The van der Waals surface area contributed by atoms with Gasteiger partial charge in [-0.15, -0.1) is 0 Å². The predicted molar refractivity (Wildman–Crippen MR) is 78.7 cm³/mol. The second-order valence-electron chi connectivity index (χ2n) is 6.37. The molecule has 0 saturated carbocycles. The van der Waals surface area contributed by atoms with Gasteiger partial charge in [0.05, 0.1) is 28.8 Å². The molecule has 0 aromatic carbocycles. The third kappa shape index (κ3) is 2.34. The van der Waals surface area contributed by atoms with E-state index in [0.29, 0.717) is 0 Å². The molecule has 1 saturated heterocycles. The van der Waals surface area contributed by atoms with E-state index in [-0.39, 0.29) is 5.92 Å². The minimum atomic E-state index is -0.523. The summed E-state index contributed by atoms with van der Waals surface area (Å²) in [6, 6.07) is 4.19. The van der Waals surface area contributed by atoms with Gasteiger partial charge in [0.2, 0.25) is 0 Å². The van der Waals surface area contributed by atoms with Crippen LogP contribution in [-0.2, 0) is 9.31 Å². The van der Waals surface area contributed by atoms with Crippen LogP contribution in [0.25, 0.3) is 0 Å². The second kappa shape index (κ2) is 4.87. The van der Waals surface area contributed by atoms with Crippen LogP contribution in [0.5, 0.6) is 0 Å². The molecule has 0 aliphatic carbocycles. The summed E-state index contributed by atoms with van der Waals surface area (Å²) in [6.07, 6.45) is 1.74. The van der Waals surface area contributed by atoms with Crippen LogP contribution in [0.15, 0.2) is 12.3 Å². The minimum absolute atomic E-state index is 0.238. The topological polar surface area (TPSA) is 55.1 Å². The maximum absolute atomic E-state index is 9.23. The van der Waals surface area contributed by atoms with E-state index in [1.165, 1.54) is 0 Å². The van der Waals surface area contributed by atoms with Crippen molar-refractivity contribution in [2.75, 3.05) is 0 Å². The summed E-state index contributed by atoms with van der Waals surface area (Å²) >= 11 is 0. The lowest BCUT2D eigenvalue weighted by atomic mass is 9.76. The van der Waals surface area contributed by atoms with Gasteiger partial charge in [0.25, 0.3) is 0 Å². The maximum atomic E-state index is 9.23. The second-order valence-corrected chi connectivity index (χ2v) is 6.37. The van der Waals surface area contributed by atoms with Gasteiger partial charge in [-0.3, -0.25) is 4.98 Å². The number of pyridine rings is 1. The van der Waals surface area contributed by atoms with Crippen molar-refractivity contribution in [3.8, 4) is 6.07 Å². The normalized spacial score (nSPS) is 21.6. The Balaban J connectivity index is 2.46. The van der Waals surface area contributed by atoms with Crippen LogP contribution in [0.1, 0.15) is 51.7 Å². The first-order chi connectivity index (χ1) is 9.19. The molecule has 1 aliphatic rings. The average Bonchev–Trinajstić information content (AvgIpc) is 2.57. The molecule has 106 valence electrons. The molecule has 1 aromatic heterocycles. The third-order valence-electron chi connectivity index (χ3n) is 4.34. The Kier molecular flexibility index (Phi) is 3.66. The largest absolute Gasteiger partial charge is 0.514 e. The highest BCUT2D eigenvalue weighted by atomic mass is 16.7. The Morgan fingerprint density at radius 2 is 1.80 bits per heavy atom. The summed E-state index contributed by atoms with van der Waals surface area (Å²) < 4.78 is 12.1. The van der Waals surface area contributed by atoms with Crippen molar-refractivity contribution in [2.45, 2.75) is 58.7 Å². The van der Waals surface area contributed by atoms with E-state index >= 15 is 0 Å². The average molecular weight is 272 g/mol. The molecule has 1 unspecified atom stereocenters. The van der Waals surface area contributed by atoms with Gasteiger partial charge < -0.3 is 9.31 Å². The lowest BCUT2D eigenvalue weighted by molar-refractivity contribution is 0.00578. The van der Waals surface area contributed by atoms with Crippen molar-refractivity contribution in [2.24, 2.45) is 0 Å². The van der Waals surface area contributed by atoms with E-state index in [2.05, 4.69) is 11.1 Å². The van der Waals surface area contributed by atoms with Gasteiger partial charge in [0.1, 0.15) is 0 Å². The van der Waals surface area contributed by atoms with E-state index in [0.717, 1.165) is 16.7 Å². The van der Waals surface area contributed by atoms with Gasteiger partial charge in [0, 0.05) is 6.20 Å². The van der Waals surface area contributed by atoms with Crippen LogP contribution in [0.3, 0.4) is 0 Å². The van der Waals surface area contributed by atoms with Gasteiger partial charge in [-0.25, -0.2) is 0 Å². The number of hydrogen-bond donors (Lipinski definition) is 0.